The zero-order valence-corrected chi connectivity index (χ0v) is 18.7. The van der Waals surface area contributed by atoms with Crippen molar-refractivity contribution in [3.8, 4) is 0 Å². The van der Waals surface area contributed by atoms with Gasteiger partial charge in [-0.15, -0.1) is 0 Å². The summed E-state index contributed by atoms with van der Waals surface area (Å²) in [6, 6.07) is 10.5. The lowest BCUT2D eigenvalue weighted by Gasteiger charge is -2.13. The molecule has 0 saturated heterocycles. The fourth-order valence-electron chi connectivity index (χ4n) is 3.43. The van der Waals surface area contributed by atoms with E-state index >= 15 is 0 Å². The lowest BCUT2D eigenvalue weighted by atomic mass is 10.2. The number of fused-ring (bicyclic) bond motifs is 1. The molecule has 0 amide bonds. The van der Waals surface area contributed by atoms with Crippen LogP contribution in [-0.2, 0) is 11.3 Å². The van der Waals surface area contributed by atoms with Crippen molar-refractivity contribution in [3.63, 3.8) is 0 Å². The fraction of sp³-hybridized carbons (Fsp3) is 0.240. The van der Waals surface area contributed by atoms with E-state index in [9.17, 15) is 9.18 Å². The minimum absolute atomic E-state index is 0.226. The van der Waals surface area contributed by atoms with Crippen LogP contribution in [0.4, 0.5) is 15.8 Å². The topological polar surface area (TPSA) is 69.0 Å². The third-order valence-corrected chi connectivity index (χ3v) is 4.78. The first-order chi connectivity index (χ1) is 15.6. The lowest BCUT2D eigenvalue weighted by molar-refractivity contribution is 0.0516. The van der Waals surface area contributed by atoms with Gasteiger partial charge in [0.15, 0.2) is 5.69 Å². The second kappa shape index (κ2) is 10.5. The number of nitrogens with zero attached hydrogens (tertiary/aromatic N) is 3. The lowest BCUT2D eigenvalue weighted by Crippen LogP contribution is -2.15. The Balaban J connectivity index is 0.00000141. The second-order valence-corrected chi connectivity index (χ2v) is 6.89. The number of benzene rings is 1. The van der Waals surface area contributed by atoms with Gasteiger partial charge in [0.25, 0.3) is 0 Å². The van der Waals surface area contributed by atoms with Crippen LogP contribution in [-0.4, -0.2) is 27.1 Å². The van der Waals surface area contributed by atoms with Crippen LogP contribution in [0.5, 0.6) is 0 Å². The Hall–Kier alpha value is -3.74. The molecule has 0 spiro atoms. The van der Waals surface area contributed by atoms with E-state index in [0.717, 1.165) is 16.6 Å². The standard InChI is InChI=1S/C23H21FN4O2.C2H6/c1-3-30-23(29)22-21(27-19-7-6-15(2)11-18(19)24)17-13-26-10-8-20(17)28(22)14-16-5-4-9-25-12-16;1-2/h4-13,27H,3,14H2,1-2H3;1-2H3. The van der Waals surface area contributed by atoms with Crippen molar-refractivity contribution in [2.24, 2.45) is 0 Å². The largest absolute Gasteiger partial charge is 0.461 e. The summed E-state index contributed by atoms with van der Waals surface area (Å²) in [7, 11) is 0. The monoisotopic (exact) mass is 434 g/mol. The first-order valence-electron chi connectivity index (χ1n) is 10.6. The molecule has 0 aliphatic heterocycles. The van der Waals surface area contributed by atoms with Crippen LogP contribution in [0.3, 0.4) is 0 Å². The summed E-state index contributed by atoms with van der Waals surface area (Å²) in [5.74, 6) is -0.894. The van der Waals surface area contributed by atoms with E-state index in [1.165, 1.54) is 6.07 Å². The van der Waals surface area contributed by atoms with Gasteiger partial charge in [-0.2, -0.15) is 0 Å². The van der Waals surface area contributed by atoms with Gasteiger partial charge in [-0.1, -0.05) is 26.0 Å². The van der Waals surface area contributed by atoms with Gasteiger partial charge in [-0.3, -0.25) is 9.97 Å². The fourth-order valence-corrected chi connectivity index (χ4v) is 3.43. The molecule has 0 unspecified atom stereocenters. The molecule has 1 N–H and O–H groups in total. The smallest absolute Gasteiger partial charge is 0.357 e. The predicted molar refractivity (Wildman–Crippen MR) is 125 cm³/mol. The van der Waals surface area contributed by atoms with Crippen molar-refractivity contribution in [1.82, 2.24) is 14.5 Å². The maximum atomic E-state index is 14.6. The van der Waals surface area contributed by atoms with Gasteiger partial charge < -0.3 is 14.6 Å². The van der Waals surface area contributed by atoms with E-state index in [1.807, 2.05) is 49.6 Å². The van der Waals surface area contributed by atoms with Crippen molar-refractivity contribution < 1.29 is 13.9 Å². The summed E-state index contributed by atoms with van der Waals surface area (Å²) >= 11 is 0. The number of rotatable bonds is 6. The van der Waals surface area contributed by atoms with Gasteiger partial charge in [0.2, 0.25) is 0 Å². The number of anilines is 2. The maximum absolute atomic E-state index is 14.6. The van der Waals surface area contributed by atoms with Crippen molar-refractivity contribution in [3.05, 3.63) is 83.8 Å². The van der Waals surface area contributed by atoms with Crippen molar-refractivity contribution in [2.45, 2.75) is 34.2 Å². The highest BCUT2D eigenvalue weighted by atomic mass is 19.1. The molecule has 0 aliphatic carbocycles. The van der Waals surface area contributed by atoms with Gasteiger partial charge in [0, 0.05) is 36.7 Å². The van der Waals surface area contributed by atoms with Gasteiger partial charge in [0.1, 0.15) is 5.82 Å². The predicted octanol–water partition coefficient (Wildman–Crippen LogP) is 5.87. The summed E-state index contributed by atoms with van der Waals surface area (Å²) in [5, 5.41) is 3.80. The van der Waals surface area contributed by atoms with Crippen LogP contribution in [0.15, 0.2) is 61.2 Å². The molecule has 166 valence electrons. The highest BCUT2D eigenvalue weighted by Crippen LogP contribution is 2.35. The summed E-state index contributed by atoms with van der Waals surface area (Å²) in [5.41, 5.74) is 3.56. The Labute approximate surface area is 187 Å². The van der Waals surface area contributed by atoms with E-state index in [0.29, 0.717) is 23.3 Å². The average molecular weight is 435 g/mol. The number of carbonyl (C=O) groups excluding carboxylic acids is 1. The first-order valence-corrected chi connectivity index (χ1v) is 10.6. The number of ether oxygens (including phenoxy) is 1. The summed E-state index contributed by atoms with van der Waals surface area (Å²) in [4.78, 5) is 21.3. The number of carbonyl (C=O) groups is 1. The van der Waals surface area contributed by atoms with E-state index in [1.54, 1.807) is 37.8 Å². The highest BCUT2D eigenvalue weighted by Gasteiger charge is 2.25. The Kier molecular flexibility index (Phi) is 7.54. The zero-order chi connectivity index (χ0) is 23.1. The van der Waals surface area contributed by atoms with Crippen LogP contribution < -0.4 is 5.32 Å². The van der Waals surface area contributed by atoms with Crippen LogP contribution in [0.2, 0.25) is 0 Å². The summed E-state index contributed by atoms with van der Waals surface area (Å²) in [6.45, 7) is 8.20. The molecular formula is C25H27FN4O2. The van der Waals surface area contributed by atoms with E-state index < -0.39 is 11.8 Å². The van der Waals surface area contributed by atoms with Gasteiger partial charge in [-0.25, -0.2) is 9.18 Å². The van der Waals surface area contributed by atoms with Crippen LogP contribution in [0.25, 0.3) is 10.9 Å². The van der Waals surface area contributed by atoms with Gasteiger partial charge in [0.05, 0.1) is 23.5 Å². The molecule has 1 aromatic carbocycles. The quantitative estimate of drug-likeness (QED) is 0.384. The maximum Gasteiger partial charge on any atom is 0.357 e. The molecule has 0 fully saturated rings. The number of aryl methyl sites for hydroxylation is 1. The number of halogens is 1. The molecule has 0 aliphatic rings. The number of aromatic nitrogens is 3. The first kappa shape index (κ1) is 22.9. The third-order valence-electron chi connectivity index (χ3n) is 4.78. The summed E-state index contributed by atoms with van der Waals surface area (Å²) < 4.78 is 21.7. The molecule has 32 heavy (non-hydrogen) atoms. The van der Waals surface area contributed by atoms with E-state index in [-0.39, 0.29) is 12.3 Å². The Morgan fingerprint density at radius 3 is 2.59 bits per heavy atom. The molecule has 7 heteroatoms. The Morgan fingerprint density at radius 2 is 1.91 bits per heavy atom. The van der Waals surface area contributed by atoms with E-state index in [2.05, 4.69) is 15.3 Å². The normalized spacial score (nSPS) is 10.4. The number of nitrogens with one attached hydrogen (secondary N) is 1. The molecule has 4 rings (SSSR count). The molecular weight excluding hydrogens is 407 g/mol. The minimum Gasteiger partial charge on any atom is -0.461 e. The minimum atomic E-state index is -0.493. The van der Waals surface area contributed by atoms with Gasteiger partial charge in [-0.05, 0) is 49.2 Å². The van der Waals surface area contributed by atoms with Crippen molar-refractivity contribution in [1.29, 1.82) is 0 Å². The molecule has 6 nitrogen and oxygen atoms in total. The number of hydrogen-bond donors (Lipinski definition) is 1. The molecule has 0 bridgehead atoms. The SMILES string of the molecule is CC.CCOC(=O)c1c(Nc2ccc(C)cc2F)c2cnccc2n1Cc1cccnc1. The number of hydrogen-bond acceptors (Lipinski definition) is 5. The molecule has 0 atom stereocenters. The van der Waals surface area contributed by atoms with E-state index in [4.69, 9.17) is 4.74 Å². The second-order valence-electron chi connectivity index (χ2n) is 6.89. The highest BCUT2D eigenvalue weighted by molar-refractivity contribution is 6.07. The molecule has 0 saturated carbocycles. The molecule has 4 aromatic rings. The van der Waals surface area contributed by atoms with Crippen molar-refractivity contribution in [2.75, 3.05) is 11.9 Å². The van der Waals surface area contributed by atoms with Crippen molar-refractivity contribution >= 4 is 28.2 Å². The van der Waals surface area contributed by atoms with Gasteiger partial charge >= 0.3 is 5.97 Å². The Morgan fingerprint density at radius 1 is 1.12 bits per heavy atom. The molecule has 0 radical (unpaired) electrons. The molecule has 3 heterocycles. The summed E-state index contributed by atoms with van der Waals surface area (Å²) in [6.07, 6.45) is 6.76. The van der Waals surface area contributed by atoms with Crippen LogP contribution in [0, 0.1) is 12.7 Å². The Bertz CT molecular complexity index is 1210. The number of esters is 1. The van der Waals surface area contributed by atoms with Crippen LogP contribution in [0.1, 0.15) is 42.4 Å². The van der Waals surface area contributed by atoms with Crippen LogP contribution >= 0.6 is 0 Å². The average Bonchev–Trinajstić information content (AvgIpc) is 3.11. The zero-order valence-electron chi connectivity index (χ0n) is 18.7. The number of pyridine rings is 2. The third kappa shape index (κ3) is 4.77. The molecule has 3 aromatic heterocycles.